The van der Waals surface area contributed by atoms with Gasteiger partial charge in [-0.1, -0.05) is 30.3 Å². The molecule has 0 saturated carbocycles. The van der Waals surface area contributed by atoms with Gasteiger partial charge in [0.2, 0.25) is 11.8 Å². The molecule has 5 rings (SSSR count). The third-order valence-corrected chi connectivity index (χ3v) is 7.91. The zero-order chi connectivity index (χ0) is 27.7. The van der Waals surface area contributed by atoms with Crippen molar-refractivity contribution in [3.8, 4) is 11.5 Å². The number of carbonyl (C=O) groups excluding carboxylic acids is 2. The zero-order valence-corrected chi connectivity index (χ0v) is 23.4. The van der Waals surface area contributed by atoms with Crippen LogP contribution in [0.15, 0.2) is 58.3 Å². The Morgan fingerprint density at radius 1 is 1.15 bits per heavy atom. The Morgan fingerprint density at radius 2 is 1.90 bits per heavy atom. The molecular formula is C29H32N6O3S. The topological polar surface area (TPSA) is 118 Å². The van der Waals surface area contributed by atoms with Gasteiger partial charge in [-0.2, -0.15) is 0 Å². The first-order valence-electron chi connectivity index (χ1n) is 12.9. The van der Waals surface area contributed by atoms with Gasteiger partial charge in [0.25, 0.3) is 11.8 Å². The highest BCUT2D eigenvalue weighted by Crippen LogP contribution is 2.35. The zero-order valence-electron chi connectivity index (χ0n) is 22.5. The number of carbonyl (C=O) groups is 2. The van der Waals surface area contributed by atoms with Gasteiger partial charge in [0.15, 0.2) is 0 Å². The maximum absolute atomic E-state index is 13.8. The van der Waals surface area contributed by atoms with Crippen LogP contribution in [0.1, 0.15) is 68.7 Å². The fourth-order valence-electron chi connectivity index (χ4n) is 4.88. The van der Waals surface area contributed by atoms with Crippen LogP contribution in [0.2, 0.25) is 0 Å². The van der Waals surface area contributed by atoms with Gasteiger partial charge in [0.05, 0.1) is 11.6 Å². The Hall–Kier alpha value is -3.89. The van der Waals surface area contributed by atoms with E-state index in [0.29, 0.717) is 29.7 Å². The number of rotatable bonds is 7. The molecule has 9 nitrogen and oxygen atoms in total. The number of aromatic nitrogens is 3. The summed E-state index contributed by atoms with van der Waals surface area (Å²) in [6, 6.07) is 14.8. The lowest BCUT2D eigenvalue weighted by Crippen LogP contribution is -2.35. The normalized spacial score (nSPS) is 16.7. The van der Waals surface area contributed by atoms with Crippen molar-refractivity contribution in [1.82, 2.24) is 25.0 Å². The van der Waals surface area contributed by atoms with Gasteiger partial charge in [-0.15, -0.1) is 21.5 Å². The van der Waals surface area contributed by atoms with Crippen LogP contribution in [-0.4, -0.2) is 57.4 Å². The second kappa shape index (κ2) is 10.7. The second-order valence-electron chi connectivity index (χ2n) is 10.5. The van der Waals surface area contributed by atoms with Gasteiger partial charge in [-0.3, -0.25) is 9.59 Å². The van der Waals surface area contributed by atoms with Crippen LogP contribution in [0, 0.1) is 6.92 Å². The van der Waals surface area contributed by atoms with E-state index in [1.165, 1.54) is 4.90 Å². The third kappa shape index (κ3) is 5.62. The molecule has 1 aliphatic rings. The van der Waals surface area contributed by atoms with E-state index in [1.807, 2.05) is 54.5 Å². The summed E-state index contributed by atoms with van der Waals surface area (Å²) < 4.78 is 6.05. The van der Waals surface area contributed by atoms with Crippen molar-refractivity contribution in [1.29, 1.82) is 0 Å². The monoisotopic (exact) mass is 544 g/mol. The number of likely N-dealkylation sites (tertiary alicyclic amines) is 1. The van der Waals surface area contributed by atoms with Gasteiger partial charge in [-0.25, -0.2) is 4.98 Å². The summed E-state index contributed by atoms with van der Waals surface area (Å²) >= 11 is 1.57. The molecular weight excluding hydrogens is 512 g/mol. The Labute approximate surface area is 231 Å². The Bertz CT molecular complexity index is 1490. The van der Waals surface area contributed by atoms with Crippen molar-refractivity contribution in [3.05, 3.63) is 87.2 Å². The van der Waals surface area contributed by atoms with Crippen molar-refractivity contribution >= 4 is 23.2 Å². The van der Waals surface area contributed by atoms with E-state index in [1.54, 1.807) is 43.6 Å². The van der Waals surface area contributed by atoms with Crippen LogP contribution in [-0.2, 0) is 12.0 Å². The second-order valence-corrected chi connectivity index (χ2v) is 11.4. The molecule has 0 spiro atoms. The minimum atomic E-state index is -0.906. The van der Waals surface area contributed by atoms with E-state index < -0.39 is 5.54 Å². The SMILES string of the molecule is Cc1csc([C@H]2CCCN2C(=O)c2cc(C(=O)N(C)C)cc(-c3nnc(C(C)(N)Cc4ccccc4)o3)c2)n1. The highest BCUT2D eigenvalue weighted by molar-refractivity contribution is 7.09. The molecule has 202 valence electrons. The minimum Gasteiger partial charge on any atom is -0.419 e. The molecule has 1 fully saturated rings. The summed E-state index contributed by atoms with van der Waals surface area (Å²) in [6.07, 6.45) is 2.25. The molecule has 2 N–H and O–H groups in total. The highest BCUT2D eigenvalue weighted by Gasteiger charge is 2.34. The average Bonchev–Trinajstić information content (AvgIpc) is 3.68. The van der Waals surface area contributed by atoms with Gasteiger partial charge in [0, 0.05) is 48.4 Å². The summed E-state index contributed by atoms with van der Waals surface area (Å²) in [5, 5.41) is 11.4. The van der Waals surface area contributed by atoms with Gasteiger partial charge < -0.3 is 20.0 Å². The molecule has 2 amide bonds. The van der Waals surface area contributed by atoms with E-state index in [2.05, 4.69) is 15.2 Å². The lowest BCUT2D eigenvalue weighted by atomic mass is 9.94. The minimum absolute atomic E-state index is 0.0844. The predicted octanol–water partition coefficient (Wildman–Crippen LogP) is 4.60. The number of aryl methyl sites for hydroxylation is 1. The molecule has 1 aliphatic heterocycles. The van der Waals surface area contributed by atoms with Crippen molar-refractivity contribution in [2.45, 2.75) is 44.7 Å². The van der Waals surface area contributed by atoms with Crippen molar-refractivity contribution in [2.75, 3.05) is 20.6 Å². The summed E-state index contributed by atoms with van der Waals surface area (Å²) in [7, 11) is 3.35. The molecule has 2 atom stereocenters. The summed E-state index contributed by atoms with van der Waals surface area (Å²) in [6.45, 7) is 4.42. The van der Waals surface area contributed by atoms with E-state index >= 15 is 0 Å². The van der Waals surface area contributed by atoms with Crippen LogP contribution in [0.25, 0.3) is 11.5 Å². The number of benzene rings is 2. The molecule has 0 radical (unpaired) electrons. The fraction of sp³-hybridized carbons (Fsp3) is 0.345. The van der Waals surface area contributed by atoms with Crippen LogP contribution in [0.4, 0.5) is 0 Å². The van der Waals surface area contributed by atoms with E-state index in [-0.39, 0.29) is 29.6 Å². The van der Waals surface area contributed by atoms with Crippen LogP contribution < -0.4 is 5.73 Å². The quantitative estimate of drug-likeness (QED) is 0.361. The molecule has 2 aromatic heterocycles. The van der Waals surface area contributed by atoms with Crippen LogP contribution in [0.5, 0.6) is 0 Å². The average molecular weight is 545 g/mol. The predicted molar refractivity (Wildman–Crippen MR) is 149 cm³/mol. The van der Waals surface area contributed by atoms with Gasteiger partial charge >= 0.3 is 0 Å². The maximum Gasteiger partial charge on any atom is 0.254 e. The first kappa shape index (κ1) is 26.7. The standard InChI is InChI=1S/C29H32N6O3S/c1-18-17-39-25(31-18)23-11-8-12-35(23)27(37)22-14-20(13-21(15-22)26(36)34(3)4)24-32-33-28(38-24)29(2,30)16-19-9-6-5-7-10-19/h5-7,9-10,13-15,17,23H,8,11-12,16,30H2,1-4H3/t23-,29?/m1/s1. The molecule has 2 aromatic carbocycles. The molecule has 3 heterocycles. The Morgan fingerprint density at radius 3 is 2.59 bits per heavy atom. The van der Waals surface area contributed by atoms with E-state index in [4.69, 9.17) is 10.2 Å². The number of amides is 2. The number of nitrogens with two attached hydrogens (primary N) is 1. The Kier molecular flexibility index (Phi) is 7.33. The fourth-order valence-corrected chi connectivity index (χ4v) is 5.82. The molecule has 1 unspecified atom stereocenters. The first-order valence-corrected chi connectivity index (χ1v) is 13.8. The molecule has 0 aliphatic carbocycles. The summed E-state index contributed by atoms with van der Waals surface area (Å²) in [4.78, 5) is 34.8. The van der Waals surface area contributed by atoms with Crippen LogP contribution >= 0.6 is 11.3 Å². The highest BCUT2D eigenvalue weighted by atomic mass is 32.1. The number of hydrogen-bond acceptors (Lipinski definition) is 8. The van der Waals surface area contributed by atoms with Crippen molar-refractivity contribution in [2.24, 2.45) is 5.73 Å². The molecule has 1 saturated heterocycles. The van der Waals surface area contributed by atoms with Gasteiger partial charge in [0.1, 0.15) is 5.01 Å². The summed E-state index contributed by atoms with van der Waals surface area (Å²) in [5.74, 6) is 0.0856. The first-order chi connectivity index (χ1) is 18.6. The largest absolute Gasteiger partial charge is 0.419 e. The molecule has 0 bridgehead atoms. The number of hydrogen-bond donors (Lipinski definition) is 1. The van der Waals surface area contributed by atoms with E-state index in [0.717, 1.165) is 29.1 Å². The summed E-state index contributed by atoms with van der Waals surface area (Å²) in [5.41, 5.74) is 8.91. The smallest absolute Gasteiger partial charge is 0.254 e. The van der Waals surface area contributed by atoms with Crippen LogP contribution in [0.3, 0.4) is 0 Å². The van der Waals surface area contributed by atoms with E-state index in [9.17, 15) is 9.59 Å². The molecule has 10 heteroatoms. The van der Waals surface area contributed by atoms with Crippen molar-refractivity contribution in [3.63, 3.8) is 0 Å². The van der Waals surface area contributed by atoms with Crippen molar-refractivity contribution < 1.29 is 14.0 Å². The molecule has 4 aromatic rings. The lowest BCUT2D eigenvalue weighted by molar-refractivity contribution is 0.0735. The molecule has 39 heavy (non-hydrogen) atoms. The third-order valence-electron chi connectivity index (χ3n) is 6.84. The number of nitrogens with zero attached hydrogens (tertiary/aromatic N) is 5. The Balaban J connectivity index is 1.49. The lowest BCUT2D eigenvalue weighted by Gasteiger charge is -2.24. The number of thiazole rings is 1. The van der Waals surface area contributed by atoms with Gasteiger partial charge in [-0.05, 0) is 56.9 Å². The maximum atomic E-state index is 13.8.